The molecular formula is C15H13ClFNO3. The van der Waals surface area contributed by atoms with Gasteiger partial charge in [0.1, 0.15) is 18.0 Å². The van der Waals surface area contributed by atoms with Crippen LogP contribution in [-0.4, -0.2) is 13.1 Å². The average Bonchev–Trinajstić information content (AvgIpc) is 2.48. The molecule has 2 N–H and O–H groups in total. The molecule has 0 fully saturated rings. The Labute approximate surface area is 126 Å². The number of esters is 1. The molecule has 21 heavy (non-hydrogen) atoms. The molecule has 0 bridgehead atoms. The largest absolute Gasteiger partial charge is 0.494 e. The topological polar surface area (TPSA) is 61.5 Å². The maximum Gasteiger partial charge on any atom is 0.342 e. The van der Waals surface area contributed by atoms with E-state index < -0.39 is 11.8 Å². The van der Waals surface area contributed by atoms with Gasteiger partial charge < -0.3 is 15.2 Å². The highest BCUT2D eigenvalue weighted by Gasteiger charge is 2.17. The van der Waals surface area contributed by atoms with E-state index in [2.05, 4.69) is 0 Å². The monoisotopic (exact) mass is 309 g/mol. The van der Waals surface area contributed by atoms with Crippen molar-refractivity contribution in [2.45, 2.75) is 6.61 Å². The molecule has 0 unspecified atom stereocenters. The SMILES string of the molecule is COc1c(N)cccc1C(=O)OCc1cccc(Cl)c1F. The van der Waals surface area contributed by atoms with Gasteiger partial charge in [0.2, 0.25) is 0 Å². The summed E-state index contributed by atoms with van der Waals surface area (Å²) in [6.45, 7) is -0.233. The number of halogens is 2. The second kappa shape index (κ2) is 6.45. The van der Waals surface area contributed by atoms with E-state index in [0.717, 1.165) is 0 Å². The van der Waals surface area contributed by atoms with Crippen LogP contribution in [0.3, 0.4) is 0 Å². The lowest BCUT2D eigenvalue weighted by Gasteiger charge is -2.11. The zero-order valence-corrected chi connectivity index (χ0v) is 12.0. The van der Waals surface area contributed by atoms with E-state index in [-0.39, 0.29) is 28.5 Å². The van der Waals surface area contributed by atoms with Crippen LogP contribution in [-0.2, 0) is 11.3 Å². The lowest BCUT2D eigenvalue weighted by Crippen LogP contribution is -2.09. The molecular weight excluding hydrogens is 297 g/mol. The predicted molar refractivity (Wildman–Crippen MR) is 77.9 cm³/mol. The van der Waals surface area contributed by atoms with Gasteiger partial charge in [-0.2, -0.15) is 0 Å². The van der Waals surface area contributed by atoms with E-state index in [1.54, 1.807) is 18.2 Å². The molecule has 2 rings (SSSR count). The van der Waals surface area contributed by atoms with Crippen molar-refractivity contribution in [3.63, 3.8) is 0 Å². The van der Waals surface area contributed by atoms with Crippen LogP contribution in [0.2, 0.25) is 5.02 Å². The molecule has 0 radical (unpaired) electrons. The second-order valence-electron chi connectivity index (χ2n) is 4.22. The Bertz CT molecular complexity index is 676. The number of anilines is 1. The number of hydrogen-bond donors (Lipinski definition) is 1. The number of carbonyl (C=O) groups is 1. The van der Waals surface area contributed by atoms with E-state index in [1.807, 2.05) is 0 Å². The summed E-state index contributed by atoms with van der Waals surface area (Å²) in [5.74, 6) is -1.03. The minimum Gasteiger partial charge on any atom is -0.494 e. The summed E-state index contributed by atoms with van der Waals surface area (Å²) in [5, 5.41) is -0.0231. The third kappa shape index (κ3) is 3.25. The molecule has 4 nitrogen and oxygen atoms in total. The molecule has 0 saturated carbocycles. The average molecular weight is 310 g/mol. The fourth-order valence-electron chi connectivity index (χ4n) is 1.82. The van der Waals surface area contributed by atoms with Crippen molar-refractivity contribution in [3.8, 4) is 5.75 Å². The number of nitrogens with two attached hydrogens (primary N) is 1. The van der Waals surface area contributed by atoms with E-state index in [9.17, 15) is 9.18 Å². The Morgan fingerprint density at radius 2 is 2.00 bits per heavy atom. The molecule has 6 heteroatoms. The number of rotatable bonds is 4. The molecule has 0 spiro atoms. The van der Waals surface area contributed by atoms with Gasteiger partial charge in [-0.15, -0.1) is 0 Å². The number of benzene rings is 2. The summed E-state index contributed by atoms with van der Waals surface area (Å²) in [7, 11) is 1.40. The Morgan fingerprint density at radius 1 is 1.29 bits per heavy atom. The van der Waals surface area contributed by atoms with Crippen molar-refractivity contribution in [1.82, 2.24) is 0 Å². The van der Waals surface area contributed by atoms with Gasteiger partial charge in [0, 0.05) is 5.56 Å². The summed E-state index contributed by atoms with van der Waals surface area (Å²) < 4.78 is 23.8. The molecule has 2 aromatic carbocycles. The fraction of sp³-hybridized carbons (Fsp3) is 0.133. The number of nitrogen functional groups attached to an aromatic ring is 1. The summed E-state index contributed by atoms with van der Waals surface area (Å²) in [6.07, 6.45) is 0. The molecule has 0 heterocycles. The van der Waals surface area contributed by atoms with Crippen LogP contribution in [0, 0.1) is 5.82 Å². The van der Waals surface area contributed by atoms with Crippen molar-refractivity contribution in [2.75, 3.05) is 12.8 Å². The first-order chi connectivity index (χ1) is 10.0. The maximum atomic E-state index is 13.7. The van der Waals surface area contributed by atoms with Gasteiger partial charge in [-0.05, 0) is 18.2 Å². The standard InChI is InChI=1S/C15H13ClFNO3/c1-20-14-10(5-3-7-12(14)18)15(19)21-8-9-4-2-6-11(16)13(9)17/h2-7H,8,18H2,1H3. The number of para-hydroxylation sites is 1. The second-order valence-corrected chi connectivity index (χ2v) is 4.62. The summed E-state index contributed by atoms with van der Waals surface area (Å²) in [5.41, 5.74) is 6.40. The van der Waals surface area contributed by atoms with Crippen molar-refractivity contribution >= 4 is 23.3 Å². The highest BCUT2D eigenvalue weighted by Crippen LogP contribution is 2.27. The maximum absolute atomic E-state index is 13.7. The third-order valence-corrected chi connectivity index (χ3v) is 3.15. The Kier molecular flexibility index (Phi) is 4.65. The summed E-state index contributed by atoms with van der Waals surface area (Å²) in [6, 6.07) is 9.22. The van der Waals surface area contributed by atoms with Gasteiger partial charge in [0.25, 0.3) is 0 Å². The van der Waals surface area contributed by atoms with E-state index in [4.69, 9.17) is 26.8 Å². The minimum absolute atomic E-state index is 0.0231. The summed E-state index contributed by atoms with van der Waals surface area (Å²) in [4.78, 5) is 12.0. The van der Waals surface area contributed by atoms with Gasteiger partial charge in [-0.3, -0.25) is 0 Å². The zero-order chi connectivity index (χ0) is 15.4. The van der Waals surface area contributed by atoms with Crippen LogP contribution >= 0.6 is 11.6 Å². The number of methoxy groups -OCH3 is 1. The van der Waals surface area contributed by atoms with Gasteiger partial charge in [0.15, 0.2) is 5.75 Å². The third-order valence-electron chi connectivity index (χ3n) is 2.86. The van der Waals surface area contributed by atoms with Crippen LogP contribution < -0.4 is 10.5 Å². The molecule has 2 aromatic rings. The zero-order valence-electron chi connectivity index (χ0n) is 11.2. The van der Waals surface area contributed by atoms with E-state index in [0.29, 0.717) is 5.69 Å². The number of carbonyl (C=O) groups excluding carboxylic acids is 1. The number of hydrogen-bond acceptors (Lipinski definition) is 4. The summed E-state index contributed by atoms with van der Waals surface area (Å²) >= 11 is 5.66. The van der Waals surface area contributed by atoms with Gasteiger partial charge in [0.05, 0.1) is 17.8 Å². The molecule has 0 atom stereocenters. The first-order valence-corrected chi connectivity index (χ1v) is 6.45. The molecule has 0 aliphatic carbocycles. The van der Waals surface area contributed by atoms with Crippen LogP contribution in [0.5, 0.6) is 5.75 Å². The first kappa shape index (κ1) is 15.1. The van der Waals surface area contributed by atoms with Crippen LogP contribution in [0.15, 0.2) is 36.4 Å². The number of ether oxygens (including phenoxy) is 2. The Morgan fingerprint density at radius 3 is 2.71 bits per heavy atom. The minimum atomic E-state index is -0.654. The lowest BCUT2D eigenvalue weighted by molar-refractivity contribution is 0.0465. The van der Waals surface area contributed by atoms with Crippen LogP contribution in [0.25, 0.3) is 0 Å². The Balaban J connectivity index is 2.16. The molecule has 0 aromatic heterocycles. The van der Waals surface area contributed by atoms with E-state index >= 15 is 0 Å². The predicted octanol–water partition coefficient (Wildman–Crippen LogP) is 3.43. The quantitative estimate of drug-likeness (QED) is 0.694. The van der Waals surface area contributed by atoms with Crippen LogP contribution in [0.1, 0.15) is 15.9 Å². The van der Waals surface area contributed by atoms with Crippen molar-refractivity contribution in [1.29, 1.82) is 0 Å². The first-order valence-electron chi connectivity index (χ1n) is 6.07. The normalized spacial score (nSPS) is 10.2. The van der Waals surface area contributed by atoms with Crippen molar-refractivity contribution < 1.29 is 18.7 Å². The highest BCUT2D eigenvalue weighted by atomic mass is 35.5. The highest BCUT2D eigenvalue weighted by molar-refractivity contribution is 6.30. The van der Waals surface area contributed by atoms with Gasteiger partial charge in [-0.1, -0.05) is 29.8 Å². The molecule has 110 valence electrons. The van der Waals surface area contributed by atoms with Gasteiger partial charge >= 0.3 is 5.97 Å². The van der Waals surface area contributed by atoms with Crippen LogP contribution in [0.4, 0.5) is 10.1 Å². The molecule has 0 amide bonds. The van der Waals surface area contributed by atoms with Gasteiger partial charge in [-0.25, -0.2) is 9.18 Å². The van der Waals surface area contributed by atoms with E-state index in [1.165, 1.54) is 25.3 Å². The molecule has 0 aliphatic rings. The van der Waals surface area contributed by atoms with Crippen molar-refractivity contribution in [3.05, 3.63) is 58.4 Å². The van der Waals surface area contributed by atoms with Crippen molar-refractivity contribution in [2.24, 2.45) is 0 Å². The molecule has 0 saturated heterocycles. The Hall–Kier alpha value is -2.27. The lowest BCUT2D eigenvalue weighted by atomic mass is 10.1. The fourth-order valence-corrected chi connectivity index (χ4v) is 2.02. The molecule has 0 aliphatic heterocycles. The smallest absolute Gasteiger partial charge is 0.342 e.